The first-order valence-electron chi connectivity index (χ1n) is 4.07. The Kier molecular flexibility index (Phi) is 3.97. The van der Waals surface area contributed by atoms with Crippen LogP contribution in [0.1, 0.15) is 11.8 Å². The summed E-state index contributed by atoms with van der Waals surface area (Å²) in [6.07, 6.45) is 0.574. The number of likely N-dealkylation sites (N-methyl/N-ethyl adjacent to an activating group) is 1. The summed E-state index contributed by atoms with van der Waals surface area (Å²) < 4.78 is 0. The number of hydrogen-bond acceptors (Lipinski definition) is 3. The number of carbonyl (C=O) groups is 1. The lowest BCUT2D eigenvalue weighted by Crippen LogP contribution is -2.23. The van der Waals surface area contributed by atoms with Crippen LogP contribution >= 0.6 is 11.3 Å². The van der Waals surface area contributed by atoms with Crippen LogP contribution in [0.5, 0.6) is 0 Å². The second-order valence-corrected chi connectivity index (χ2v) is 3.61. The van der Waals surface area contributed by atoms with Crippen molar-refractivity contribution >= 4 is 17.1 Å². The van der Waals surface area contributed by atoms with Crippen molar-refractivity contribution in [2.45, 2.75) is 13.3 Å². The number of rotatable bonds is 5. The molecule has 0 atom stereocenters. The van der Waals surface area contributed by atoms with Gasteiger partial charge in [0.05, 0.1) is 6.54 Å². The molecule has 66 valence electrons. The third kappa shape index (κ3) is 3.15. The fourth-order valence-corrected chi connectivity index (χ4v) is 1.67. The summed E-state index contributed by atoms with van der Waals surface area (Å²) >= 11 is 1.64. The van der Waals surface area contributed by atoms with E-state index >= 15 is 0 Å². The summed E-state index contributed by atoms with van der Waals surface area (Å²) in [7, 11) is 0. The van der Waals surface area contributed by atoms with Crippen LogP contribution in [0.4, 0.5) is 0 Å². The summed E-state index contributed by atoms with van der Waals surface area (Å²) in [5.74, 6) is 0.263. The molecule has 0 saturated heterocycles. The van der Waals surface area contributed by atoms with E-state index < -0.39 is 0 Å². The summed E-state index contributed by atoms with van der Waals surface area (Å²) in [5, 5.41) is 5.01. The van der Waals surface area contributed by atoms with Gasteiger partial charge in [0.2, 0.25) is 0 Å². The van der Waals surface area contributed by atoms with Crippen LogP contribution in [-0.2, 0) is 11.2 Å². The quantitative estimate of drug-likeness (QED) is 0.749. The molecule has 3 heteroatoms. The van der Waals surface area contributed by atoms with E-state index in [1.54, 1.807) is 11.3 Å². The van der Waals surface area contributed by atoms with E-state index in [9.17, 15) is 4.79 Å². The van der Waals surface area contributed by atoms with E-state index in [0.717, 1.165) is 11.4 Å². The van der Waals surface area contributed by atoms with Crippen molar-refractivity contribution in [1.82, 2.24) is 5.32 Å². The second kappa shape index (κ2) is 5.06. The first-order chi connectivity index (χ1) is 5.83. The maximum Gasteiger partial charge on any atom is 0.151 e. The van der Waals surface area contributed by atoms with E-state index in [4.69, 9.17) is 0 Å². The van der Waals surface area contributed by atoms with Crippen molar-refractivity contribution in [2.24, 2.45) is 0 Å². The minimum absolute atomic E-state index is 0.263. The third-order valence-electron chi connectivity index (χ3n) is 1.52. The molecule has 1 aromatic rings. The molecule has 0 unspecified atom stereocenters. The standard InChI is InChI=1S/C9H13NOS/c1-2-10-7-8(11)6-9-4-3-5-12-9/h3-5,10H,2,6-7H2,1H3. The predicted molar refractivity (Wildman–Crippen MR) is 51.6 cm³/mol. The Hall–Kier alpha value is -0.670. The van der Waals surface area contributed by atoms with Crippen molar-refractivity contribution in [3.8, 4) is 0 Å². The zero-order chi connectivity index (χ0) is 8.81. The highest BCUT2D eigenvalue weighted by Gasteiger charge is 2.02. The molecule has 0 bridgehead atoms. The molecule has 0 aliphatic heterocycles. The number of thiophene rings is 1. The zero-order valence-corrected chi connectivity index (χ0v) is 7.99. The Labute approximate surface area is 76.6 Å². The second-order valence-electron chi connectivity index (χ2n) is 2.58. The van der Waals surface area contributed by atoms with Crippen molar-refractivity contribution in [3.05, 3.63) is 22.4 Å². The Balaban J connectivity index is 2.27. The SMILES string of the molecule is CCNCC(=O)Cc1cccs1. The molecular weight excluding hydrogens is 170 g/mol. The molecule has 12 heavy (non-hydrogen) atoms. The number of ketones is 1. The van der Waals surface area contributed by atoms with Gasteiger partial charge in [0.15, 0.2) is 5.78 Å². The van der Waals surface area contributed by atoms with E-state index in [1.165, 1.54) is 0 Å². The number of nitrogens with one attached hydrogen (secondary N) is 1. The smallest absolute Gasteiger partial charge is 0.151 e. The minimum atomic E-state index is 0.263. The Morgan fingerprint density at radius 1 is 1.67 bits per heavy atom. The normalized spacial score (nSPS) is 10.1. The molecule has 1 aromatic heterocycles. The van der Waals surface area contributed by atoms with Gasteiger partial charge >= 0.3 is 0 Å². The molecule has 1 rings (SSSR count). The van der Waals surface area contributed by atoms with Gasteiger partial charge in [0, 0.05) is 11.3 Å². The van der Waals surface area contributed by atoms with Gasteiger partial charge < -0.3 is 5.32 Å². The molecule has 0 radical (unpaired) electrons. The van der Waals surface area contributed by atoms with Gasteiger partial charge in [0.1, 0.15) is 0 Å². The molecule has 0 aliphatic carbocycles. The monoisotopic (exact) mass is 183 g/mol. The van der Waals surface area contributed by atoms with Crippen LogP contribution in [0.3, 0.4) is 0 Å². The highest BCUT2D eigenvalue weighted by atomic mass is 32.1. The number of carbonyl (C=O) groups excluding carboxylic acids is 1. The van der Waals surface area contributed by atoms with Crippen molar-refractivity contribution in [3.63, 3.8) is 0 Å². The van der Waals surface area contributed by atoms with Crippen LogP contribution in [-0.4, -0.2) is 18.9 Å². The molecule has 0 aliphatic rings. The number of hydrogen-bond donors (Lipinski definition) is 1. The molecular formula is C9H13NOS. The Bertz CT molecular complexity index is 231. The first-order valence-corrected chi connectivity index (χ1v) is 4.95. The van der Waals surface area contributed by atoms with Gasteiger partial charge in [-0.1, -0.05) is 13.0 Å². The van der Waals surface area contributed by atoms with Crippen LogP contribution in [0, 0.1) is 0 Å². The van der Waals surface area contributed by atoms with Crippen molar-refractivity contribution in [1.29, 1.82) is 0 Å². The lowest BCUT2D eigenvalue weighted by atomic mass is 10.2. The van der Waals surface area contributed by atoms with Crippen LogP contribution in [0.2, 0.25) is 0 Å². The van der Waals surface area contributed by atoms with E-state index in [-0.39, 0.29) is 5.78 Å². The lowest BCUT2D eigenvalue weighted by molar-refractivity contribution is -0.117. The summed E-state index contributed by atoms with van der Waals surface area (Å²) in [5.41, 5.74) is 0. The Morgan fingerprint density at radius 3 is 3.08 bits per heavy atom. The predicted octanol–water partition coefficient (Wildman–Crippen LogP) is 1.47. The van der Waals surface area contributed by atoms with Gasteiger partial charge in [-0.2, -0.15) is 0 Å². The van der Waals surface area contributed by atoms with E-state index in [1.807, 2.05) is 24.4 Å². The molecule has 0 aromatic carbocycles. The van der Waals surface area contributed by atoms with Crippen molar-refractivity contribution in [2.75, 3.05) is 13.1 Å². The highest BCUT2D eigenvalue weighted by molar-refractivity contribution is 7.10. The van der Waals surface area contributed by atoms with Crippen molar-refractivity contribution < 1.29 is 4.79 Å². The largest absolute Gasteiger partial charge is 0.310 e. The first kappa shape index (κ1) is 9.42. The third-order valence-corrected chi connectivity index (χ3v) is 2.40. The van der Waals surface area contributed by atoms with Gasteiger partial charge in [-0.15, -0.1) is 11.3 Å². The highest BCUT2D eigenvalue weighted by Crippen LogP contribution is 2.08. The van der Waals surface area contributed by atoms with Gasteiger partial charge in [0.25, 0.3) is 0 Å². The van der Waals surface area contributed by atoms with Crippen LogP contribution < -0.4 is 5.32 Å². The summed E-state index contributed by atoms with van der Waals surface area (Å²) in [4.78, 5) is 12.4. The van der Waals surface area contributed by atoms with Crippen LogP contribution in [0.15, 0.2) is 17.5 Å². The van der Waals surface area contributed by atoms with Gasteiger partial charge in [-0.05, 0) is 18.0 Å². The van der Waals surface area contributed by atoms with E-state index in [0.29, 0.717) is 13.0 Å². The molecule has 0 amide bonds. The Morgan fingerprint density at radius 2 is 2.50 bits per heavy atom. The molecule has 1 heterocycles. The lowest BCUT2D eigenvalue weighted by Gasteiger charge is -1.98. The maximum atomic E-state index is 11.2. The molecule has 0 spiro atoms. The van der Waals surface area contributed by atoms with Crippen LogP contribution in [0.25, 0.3) is 0 Å². The summed E-state index contributed by atoms with van der Waals surface area (Å²) in [6.45, 7) is 3.35. The molecule has 0 fully saturated rings. The topological polar surface area (TPSA) is 29.1 Å². The van der Waals surface area contributed by atoms with Gasteiger partial charge in [-0.25, -0.2) is 0 Å². The number of Topliss-reactive ketones (excluding diaryl/α,β-unsaturated/α-hetero) is 1. The molecule has 0 saturated carbocycles. The van der Waals surface area contributed by atoms with E-state index in [2.05, 4.69) is 5.32 Å². The fourth-order valence-electron chi connectivity index (χ4n) is 0.934. The maximum absolute atomic E-state index is 11.2. The zero-order valence-electron chi connectivity index (χ0n) is 7.17. The summed E-state index contributed by atoms with van der Waals surface area (Å²) in [6, 6.07) is 3.97. The average Bonchev–Trinajstić information content (AvgIpc) is 2.53. The minimum Gasteiger partial charge on any atom is -0.310 e. The average molecular weight is 183 g/mol. The molecule has 2 nitrogen and oxygen atoms in total. The molecule has 1 N–H and O–H groups in total. The van der Waals surface area contributed by atoms with Gasteiger partial charge in [-0.3, -0.25) is 4.79 Å². The fraction of sp³-hybridized carbons (Fsp3) is 0.444.